The molecule has 0 amide bonds. The van der Waals surface area contributed by atoms with E-state index in [1.54, 1.807) is 12.8 Å². The highest BCUT2D eigenvalue weighted by Crippen LogP contribution is 2.74. The highest BCUT2D eigenvalue weighted by atomic mass is 14.7. The summed E-state index contributed by atoms with van der Waals surface area (Å²) < 4.78 is 0. The van der Waals surface area contributed by atoms with Gasteiger partial charge in [-0.25, -0.2) is 0 Å². The van der Waals surface area contributed by atoms with Crippen LogP contribution in [0, 0.1) is 35.5 Å². The Kier molecular flexibility index (Phi) is 0.508. The van der Waals surface area contributed by atoms with Gasteiger partial charge in [-0.15, -0.1) is 0 Å². The molecule has 4 rings (SSSR count). The molecule has 0 heteroatoms. The largest absolute Gasteiger partial charge is 0.0845 e. The van der Waals surface area contributed by atoms with E-state index in [2.05, 4.69) is 12.2 Å². The quantitative estimate of drug-likeness (QED) is 0.443. The standard InChI is InChI=1S/C10H12/c1-2-6-8-4-3-7-5(1)9(6)10(7)8/h1-2,5-10H,3-4H2/t5-,6?,7?,8-,9?,10?/m0/s1. The molecule has 0 spiro atoms. The average molecular weight is 132 g/mol. The van der Waals surface area contributed by atoms with Crippen molar-refractivity contribution in [3.63, 3.8) is 0 Å². The maximum Gasteiger partial charge on any atom is -0.0165 e. The maximum absolute atomic E-state index is 2.52. The van der Waals surface area contributed by atoms with Crippen molar-refractivity contribution in [2.24, 2.45) is 35.5 Å². The Labute approximate surface area is 61.3 Å². The molecule has 4 aliphatic carbocycles. The Hall–Kier alpha value is -0.260. The van der Waals surface area contributed by atoms with E-state index in [0.717, 1.165) is 29.6 Å². The molecular formula is C10H12. The van der Waals surface area contributed by atoms with Crippen molar-refractivity contribution < 1.29 is 0 Å². The van der Waals surface area contributed by atoms with Crippen LogP contribution in [-0.4, -0.2) is 0 Å². The van der Waals surface area contributed by atoms with E-state index in [9.17, 15) is 0 Å². The van der Waals surface area contributed by atoms with Gasteiger partial charge in [0.2, 0.25) is 0 Å². The van der Waals surface area contributed by atoms with Gasteiger partial charge in [-0.1, -0.05) is 12.2 Å². The number of allylic oxidation sites excluding steroid dienone is 2. The summed E-state index contributed by atoms with van der Waals surface area (Å²) >= 11 is 0. The Morgan fingerprint density at radius 3 is 2.00 bits per heavy atom. The molecule has 0 radical (unpaired) electrons. The van der Waals surface area contributed by atoms with Crippen LogP contribution >= 0.6 is 0 Å². The van der Waals surface area contributed by atoms with Crippen LogP contribution < -0.4 is 0 Å². The molecule has 4 unspecified atom stereocenters. The zero-order chi connectivity index (χ0) is 6.29. The van der Waals surface area contributed by atoms with Crippen LogP contribution in [0.2, 0.25) is 0 Å². The van der Waals surface area contributed by atoms with Gasteiger partial charge in [-0.3, -0.25) is 0 Å². The molecule has 0 heterocycles. The van der Waals surface area contributed by atoms with Crippen LogP contribution in [0.15, 0.2) is 12.2 Å². The van der Waals surface area contributed by atoms with Gasteiger partial charge in [0.1, 0.15) is 0 Å². The minimum absolute atomic E-state index is 1.06. The summed E-state index contributed by atoms with van der Waals surface area (Å²) in [7, 11) is 0. The molecule has 0 nitrogen and oxygen atoms in total. The van der Waals surface area contributed by atoms with Crippen LogP contribution in [0.5, 0.6) is 0 Å². The van der Waals surface area contributed by atoms with Crippen LogP contribution in [0.4, 0.5) is 0 Å². The lowest BCUT2D eigenvalue weighted by molar-refractivity contribution is -0.112. The zero-order valence-electron chi connectivity index (χ0n) is 6.03. The number of rotatable bonds is 0. The van der Waals surface area contributed by atoms with E-state index in [1.807, 2.05) is 0 Å². The SMILES string of the molecule is C1=C[C@H]2C3CC[C@H]4C1C2C34. The van der Waals surface area contributed by atoms with Gasteiger partial charge in [0, 0.05) is 0 Å². The lowest BCUT2D eigenvalue weighted by atomic mass is 9.44. The first-order valence-corrected chi connectivity index (χ1v) is 4.65. The molecule has 0 aliphatic heterocycles. The Bertz CT molecular complexity index is 206. The average Bonchev–Trinajstić information content (AvgIpc) is 2.10. The maximum atomic E-state index is 2.52. The molecule has 3 fully saturated rings. The van der Waals surface area contributed by atoms with E-state index in [4.69, 9.17) is 0 Å². The fourth-order valence-electron chi connectivity index (χ4n) is 4.40. The van der Waals surface area contributed by atoms with Crippen molar-refractivity contribution in [2.45, 2.75) is 12.8 Å². The summed E-state index contributed by atoms with van der Waals surface area (Å²) in [5.74, 6) is 6.82. The molecule has 52 valence electrons. The first kappa shape index (κ1) is 4.58. The number of fused-ring (bicyclic) bond motifs is 2. The summed E-state index contributed by atoms with van der Waals surface area (Å²) in [5, 5.41) is 0. The smallest absolute Gasteiger partial charge is 0.0165 e. The monoisotopic (exact) mass is 132 g/mol. The van der Waals surface area contributed by atoms with Crippen LogP contribution in [0.25, 0.3) is 0 Å². The third kappa shape index (κ3) is 0.247. The van der Waals surface area contributed by atoms with Crippen LogP contribution in [0.3, 0.4) is 0 Å². The van der Waals surface area contributed by atoms with Crippen molar-refractivity contribution >= 4 is 0 Å². The van der Waals surface area contributed by atoms with Crippen molar-refractivity contribution in [1.29, 1.82) is 0 Å². The lowest BCUT2D eigenvalue weighted by Crippen LogP contribution is -2.56. The van der Waals surface area contributed by atoms with Crippen molar-refractivity contribution in [1.82, 2.24) is 0 Å². The molecule has 0 aromatic carbocycles. The van der Waals surface area contributed by atoms with Gasteiger partial charge < -0.3 is 0 Å². The van der Waals surface area contributed by atoms with E-state index in [-0.39, 0.29) is 0 Å². The molecule has 3 saturated carbocycles. The summed E-state index contributed by atoms with van der Waals surface area (Å²) in [4.78, 5) is 0. The minimum Gasteiger partial charge on any atom is -0.0845 e. The molecule has 10 heavy (non-hydrogen) atoms. The lowest BCUT2D eigenvalue weighted by Gasteiger charge is -2.59. The fourth-order valence-corrected chi connectivity index (χ4v) is 4.40. The zero-order valence-corrected chi connectivity index (χ0v) is 6.03. The normalized spacial score (nSPS) is 72.8. The summed E-state index contributed by atoms with van der Waals surface area (Å²) in [6, 6.07) is 0. The fraction of sp³-hybridized carbons (Fsp3) is 0.800. The molecular weight excluding hydrogens is 120 g/mol. The first-order chi connectivity index (χ1) is 4.97. The van der Waals surface area contributed by atoms with E-state index in [0.29, 0.717) is 0 Å². The van der Waals surface area contributed by atoms with Crippen LogP contribution in [0.1, 0.15) is 12.8 Å². The van der Waals surface area contributed by atoms with Crippen LogP contribution in [-0.2, 0) is 0 Å². The van der Waals surface area contributed by atoms with Gasteiger partial charge in [0.25, 0.3) is 0 Å². The molecule has 0 N–H and O–H groups in total. The van der Waals surface area contributed by atoms with Gasteiger partial charge >= 0.3 is 0 Å². The van der Waals surface area contributed by atoms with Crippen molar-refractivity contribution in [3.05, 3.63) is 12.2 Å². The highest BCUT2D eigenvalue weighted by molar-refractivity contribution is 5.29. The third-order valence-electron chi connectivity index (χ3n) is 4.70. The summed E-state index contributed by atoms with van der Waals surface area (Å²) in [6.07, 6.45) is 8.18. The predicted octanol–water partition coefficient (Wildman–Crippen LogP) is 2.07. The minimum atomic E-state index is 1.06. The molecule has 0 aromatic heterocycles. The molecule has 6 atom stereocenters. The summed E-state index contributed by atoms with van der Waals surface area (Å²) in [6.45, 7) is 0. The third-order valence-corrected chi connectivity index (χ3v) is 4.70. The number of hydrogen-bond acceptors (Lipinski definition) is 0. The van der Waals surface area contributed by atoms with Crippen molar-refractivity contribution in [2.75, 3.05) is 0 Å². The first-order valence-electron chi connectivity index (χ1n) is 4.65. The van der Waals surface area contributed by atoms with Gasteiger partial charge in [0.15, 0.2) is 0 Å². The summed E-state index contributed by atoms with van der Waals surface area (Å²) in [5.41, 5.74) is 0. The van der Waals surface area contributed by atoms with E-state index >= 15 is 0 Å². The Balaban J connectivity index is 1.93. The molecule has 0 bridgehead atoms. The molecule has 4 aliphatic rings. The topological polar surface area (TPSA) is 0 Å². The second-order valence-corrected chi connectivity index (χ2v) is 4.60. The highest BCUT2D eigenvalue weighted by Gasteiger charge is 2.69. The van der Waals surface area contributed by atoms with Gasteiger partial charge in [-0.05, 0) is 48.3 Å². The Morgan fingerprint density at radius 1 is 0.800 bits per heavy atom. The predicted molar refractivity (Wildman–Crippen MR) is 39.3 cm³/mol. The van der Waals surface area contributed by atoms with E-state index in [1.165, 1.54) is 5.92 Å². The second-order valence-electron chi connectivity index (χ2n) is 4.60. The van der Waals surface area contributed by atoms with E-state index < -0.39 is 0 Å². The Morgan fingerprint density at radius 2 is 1.40 bits per heavy atom. The molecule has 0 saturated heterocycles. The molecule has 0 aromatic rings. The van der Waals surface area contributed by atoms with Crippen molar-refractivity contribution in [3.8, 4) is 0 Å². The van der Waals surface area contributed by atoms with Gasteiger partial charge in [-0.2, -0.15) is 0 Å². The van der Waals surface area contributed by atoms with Gasteiger partial charge in [0.05, 0.1) is 0 Å². The number of hydrogen-bond donors (Lipinski definition) is 0. The second kappa shape index (κ2) is 1.11.